The van der Waals surface area contributed by atoms with Crippen LogP contribution >= 0.6 is 11.6 Å². The monoisotopic (exact) mass is 469 g/mol. The molecule has 0 unspecified atom stereocenters. The molecule has 0 radical (unpaired) electrons. The quantitative estimate of drug-likeness (QED) is 0.271. The summed E-state index contributed by atoms with van der Waals surface area (Å²) in [6.07, 6.45) is 1.58. The fourth-order valence-electron chi connectivity index (χ4n) is 3.84. The standard InChI is InChI=1S/C27H20ClN3O3/c1-17-24(14-20(15-29)26(32)30-22-6-4-5-19(13-22)27(33)34)23-7-2-3-8-25(23)31(17)16-18-9-11-21(28)12-10-18/h2-14H,16H2,1H3,(H,30,32)(H,33,34)/b20-14-. The zero-order valence-electron chi connectivity index (χ0n) is 18.2. The molecule has 6 nitrogen and oxygen atoms in total. The third-order valence-corrected chi connectivity index (χ3v) is 5.81. The van der Waals surface area contributed by atoms with Crippen molar-refractivity contribution >= 4 is 46.1 Å². The summed E-state index contributed by atoms with van der Waals surface area (Å²) in [7, 11) is 0. The van der Waals surface area contributed by atoms with Gasteiger partial charge in [0.1, 0.15) is 11.6 Å². The van der Waals surface area contributed by atoms with Crippen LogP contribution in [0.3, 0.4) is 0 Å². The van der Waals surface area contributed by atoms with Gasteiger partial charge in [0, 0.05) is 39.4 Å². The van der Waals surface area contributed by atoms with Crippen LogP contribution in [0, 0.1) is 18.3 Å². The van der Waals surface area contributed by atoms with Crippen molar-refractivity contribution < 1.29 is 14.7 Å². The van der Waals surface area contributed by atoms with Gasteiger partial charge < -0.3 is 15.0 Å². The van der Waals surface area contributed by atoms with Crippen molar-refractivity contribution in [2.75, 3.05) is 5.32 Å². The van der Waals surface area contributed by atoms with E-state index in [0.717, 1.165) is 27.7 Å². The Bertz CT molecular complexity index is 1480. The van der Waals surface area contributed by atoms with Crippen LogP contribution in [0.25, 0.3) is 17.0 Å². The van der Waals surface area contributed by atoms with Gasteiger partial charge in [-0.05, 0) is 55.0 Å². The number of aromatic nitrogens is 1. The largest absolute Gasteiger partial charge is 0.478 e. The molecule has 0 aliphatic heterocycles. The molecule has 7 heteroatoms. The lowest BCUT2D eigenvalue weighted by molar-refractivity contribution is -0.112. The summed E-state index contributed by atoms with van der Waals surface area (Å²) in [5.41, 5.74) is 3.99. The maximum absolute atomic E-state index is 12.8. The summed E-state index contributed by atoms with van der Waals surface area (Å²) < 4.78 is 2.13. The van der Waals surface area contributed by atoms with Crippen molar-refractivity contribution in [3.8, 4) is 6.07 Å². The highest BCUT2D eigenvalue weighted by Crippen LogP contribution is 2.29. The number of nitriles is 1. The lowest BCUT2D eigenvalue weighted by Crippen LogP contribution is -2.14. The number of nitrogens with zero attached hydrogens (tertiary/aromatic N) is 2. The number of hydrogen-bond acceptors (Lipinski definition) is 3. The summed E-state index contributed by atoms with van der Waals surface area (Å²) in [5, 5.41) is 23.1. The van der Waals surface area contributed by atoms with E-state index in [1.807, 2.05) is 61.5 Å². The van der Waals surface area contributed by atoms with Crippen LogP contribution in [0.5, 0.6) is 0 Å². The van der Waals surface area contributed by atoms with Crippen LogP contribution < -0.4 is 5.32 Å². The van der Waals surface area contributed by atoms with E-state index in [-0.39, 0.29) is 11.1 Å². The SMILES string of the molecule is Cc1c(/C=C(/C#N)C(=O)Nc2cccc(C(=O)O)c2)c2ccccc2n1Cc1ccc(Cl)cc1. The molecule has 0 spiro atoms. The molecule has 4 aromatic rings. The van der Waals surface area contributed by atoms with E-state index < -0.39 is 11.9 Å². The van der Waals surface area contributed by atoms with Crippen LogP contribution in [-0.4, -0.2) is 21.6 Å². The molecule has 0 aliphatic rings. The smallest absolute Gasteiger partial charge is 0.335 e. The number of nitrogens with one attached hydrogen (secondary N) is 1. The van der Waals surface area contributed by atoms with Gasteiger partial charge >= 0.3 is 5.97 Å². The first-order chi connectivity index (χ1) is 16.4. The molecule has 1 amide bonds. The Labute approximate surface area is 201 Å². The molecule has 168 valence electrons. The molecule has 0 aliphatic carbocycles. The van der Waals surface area contributed by atoms with E-state index in [2.05, 4.69) is 9.88 Å². The topological polar surface area (TPSA) is 95.1 Å². The van der Waals surface area contributed by atoms with Crippen LogP contribution in [0.1, 0.15) is 27.2 Å². The second-order valence-corrected chi connectivity index (χ2v) is 8.18. The third-order valence-electron chi connectivity index (χ3n) is 5.55. The zero-order chi connectivity index (χ0) is 24.2. The maximum atomic E-state index is 12.8. The van der Waals surface area contributed by atoms with E-state index in [1.165, 1.54) is 18.2 Å². The number of benzene rings is 3. The maximum Gasteiger partial charge on any atom is 0.335 e. The number of hydrogen-bond donors (Lipinski definition) is 2. The average Bonchev–Trinajstić information content (AvgIpc) is 3.09. The molecule has 2 N–H and O–H groups in total. The highest BCUT2D eigenvalue weighted by molar-refractivity contribution is 6.30. The molecule has 0 saturated carbocycles. The van der Waals surface area contributed by atoms with Gasteiger partial charge in [-0.25, -0.2) is 4.79 Å². The number of carbonyl (C=O) groups excluding carboxylic acids is 1. The van der Waals surface area contributed by atoms with Gasteiger partial charge in [0.05, 0.1) is 5.56 Å². The molecule has 0 fully saturated rings. The second kappa shape index (κ2) is 9.65. The van der Waals surface area contributed by atoms with Crippen molar-refractivity contribution in [3.05, 3.63) is 106 Å². The average molecular weight is 470 g/mol. The molecule has 3 aromatic carbocycles. The Morgan fingerprint density at radius 3 is 2.53 bits per heavy atom. The highest BCUT2D eigenvalue weighted by atomic mass is 35.5. The summed E-state index contributed by atoms with van der Waals surface area (Å²) in [6.45, 7) is 2.55. The zero-order valence-corrected chi connectivity index (χ0v) is 19.0. The fraction of sp³-hybridized carbons (Fsp3) is 0.0741. The van der Waals surface area contributed by atoms with Crippen molar-refractivity contribution in [3.63, 3.8) is 0 Å². The molecule has 0 atom stereocenters. The Morgan fingerprint density at radius 1 is 1.09 bits per heavy atom. The molecule has 0 bridgehead atoms. The molecular weight excluding hydrogens is 450 g/mol. The van der Waals surface area contributed by atoms with Crippen molar-refractivity contribution in [1.29, 1.82) is 5.26 Å². The lowest BCUT2D eigenvalue weighted by atomic mass is 10.1. The molecule has 1 aromatic heterocycles. The predicted octanol–water partition coefficient (Wildman–Crippen LogP) is 5.90. The lowest BCUT2D eigenvalue weighted by Gasteiger charge is -2.09. The molecule has 34 heavy (non-hydrogen) atoms. The number of carboxylic acid groups (broad SMARTS) is 1. The van der Waals surface area contributed by atoms with Crippen LogP contribution in [-0.2, 0) is 11.3 Å². The number of carboxylic acids is 1. The Kier molecular flexibility index (Phi) is 6.48. The van der Waals surface area contributed by atoms with Gasteiger partial charge in [-0.1, -0.05) is 48.0 Å². The predicted molar refractivity (Wildman–Crippen MR) is 133 cm³/mol. The molecule has 0 saturated heterocycles. The number of anilines is 1. The Balaban J connectivity index is 1.71. The van der Waals surface area contributed by atoms with Gasteiger partial charge in [-0.15, -0.1) is 0 Å². The number of halogens is 1. The summed E-state index contributed by atoms with van der Waals surface area (Å²) >= 11 is 6.02. The van der Waals surface area contributed by atoms with Crippen LogP contribution in [0.4, 0.5) is 5.69 Å². The number of rotatable bonds is 6. The number of aromatic carboxylic acids is 1. The number of fused-ring (bicyclic) bond motifs is 1. The van der Waals surface area contributed by atoms with E-state index in [4.69, 9.17) is 16.7 Å². The fourth-order valence-corrected chi connectivity index (χ4v) is 3.96. The molecule has 4 rings (SSSR count). The van der Waals surface area contributed by atoms with Crippen LogP contribution in [0.15, 0.2) is 78.4 Å². The van der Waals surface area contributed by atoms with Crippen molar-refractivity contribution in [1.82, 2.24) is 4.57 Å². The van der Waals surface area contributed by atoms with Crippen molar-refractivity contribution in [2.24, 2.45) is 0 Å². The van der Waals surface area contributed by atoms with Gasteiger partial charge in [0.25, 0.3) is 5.91 Å². The minimum atomic E-state index is -1.10. The van der Waals surface area contributed by atoms with Gasteiger partial charge in [-0.3, -0.25) is 4.79 Å². The molecular formula is C27H20ClN3O3. The van der Waals surface area contributed by atoms with E-state index in [9.17, 15) is 14.9 Å². The minimum Gasteiger partial charge on any atom is -0.478 e. The number of carbonyl (C=O) groups is 2. The highest BCUT2D eigenvalue weighted by Gasteiger charge is 2.17. The second-order valence-electron chi connectivity index (χ2n) is 7.74. The summed E-state index contributed by atoms with van der Waals surface area (Å²) in [6, 6.07) is 23.3. The van der Waals surface area contributed by atoms with Crippen molar-refractivity contribution in [2.45, 2.75) is 13.5 Å². The molecule has 1 heterocycles. The normalized spacial score (nSPS) is 11.3. The Hall–Kier alpha value is -4.34. The number of para-hydroxylation sites is 1. The van der Waals surface area contributed by atoms with Crippen LogP contribution in [0.2, 0.25) is 5.02 Å². The van der Waals surface area contributed by atoms with E-state index >= 15 is 0 Å². The Morgan fingerprint density at radius 2 is 1.82 bits per heavy atom. The first kappa shape index (κ1) is 22.8. The van der Waals surface area contributed by atoms with E-state index in [0.29, 0.717) is 17.3 Å². The van der Waals surface area contributed by atoms with Gasteiger partial charge in [0.15, 0.2) is 0 Å². The first-order valence-corrected chi connectivity index (χ1v) is 10.8. The summed E-state index contributed by atoms with van der Waals surface area (Å²) in [5.74, 6) is -1.71. The van der Waals surface area contributed by atoms with Gasteiger partial charge in [-0.2, -0.15) is 5.26 Å². The first-order valence-electron chi connectivity index (χ1n) is 10.5. The minimum absolute atomic E-state index is 0.0430. The van der Waals surface area contributed by atoms with Gasteiger partial charge in [0.2, 0.25) is 0 Å². The van der Waals surface area contributed by atoms with E-state index in [1.54, 1.807) is 12.1 Å². The third kappa shape index (κ3) is 4.70. The summed E-state index contributed by atoms with van der Waals surface area (Å²) in [4.78, 5) is 24.0. The number of amides is 1.